The largest absolute Gasteiger partial charge is 0.480 e. The molecule has 0 saturated carbocycles. The first-order valence-corrected chi connectivity index (χ1v) is 6.85. The van der Waals surface area contributed by atoms with Crippen LogP contribution in [0.5, 0.6) is 0 Å². The third-order valence-corrected chi connectivity index (χ3v) is 3.49. The summed E-state index contributed by atoms with van der Waals surface area (Å²) < 4.78 is 9.97. The molecule has 1 heterocycles. The van der Waals surface area contributed by atoms with E-state index in [1.54, 1.807) is 13.0 Å². The van der Waals surface area contributed by atoms with Crippen LogP contribution < -0.4 is 5.73 Å². The molecule has 0 aliphatic heterocycles. The maximum Gasteiger partial charge on any atom is 0.374 e. The molecule has 0 saturated heterocycles. The second kappa shape index (κ2) is 7.20. The second-order valence-corrected chi connectivity index (χ2v) is 5.11. The van der Waals surface area contributed by atoms with Gasteiger partial charge in [-0.15, -0.1) is 0 Å². The van der Waals surface area contributed by atoms with Gasteiger partial charge in [0.1, 0.15) is 11.8 Å². The quantitative estimate of drug-likeness (QED) is 0.577. The Kier molecular flexibility index (Phi) is 5.91. The van der Waals surface area contributed by atoms with Crippen molar-refractivity contribution in [3.8, 4) is 0 Å². The molecule has 7 heteroatoms. The SMILES string of the molecule is COC(=O)c1oc(CSCCC(N)C(=O)O)cc1C. The zero-order valence-electron chi connectivity index (χ0n) is 10.8. The number of hydrogen-bond donors (Lipinski definition) is 2. The Labute approximate surface area is 115 Å². The van der Waals surface area contributed by atoms with Gasteiger partial charge < -0.3 is 20.0 Å². The maximum atomic E-state index is 11.3. The molecule has 3 N–H and O–H groups in total. The van der Waals surface area contributed by atoms with Gasteiger partial charge in [-0.1, -0.05) is 0 Å². The van der Waals surface area contributed by atoms with Crippen molar-refractivity contribution in [2.45, 2.75) is 25.1 Å². The van der Waals surface area contributed by atoms with E-state index in [0.717, 1.165) is 5.56 Å². The number of aliphatic carboxylic acids is 1. The Morgan fingerprint density at radius 1 is 1.58 bits per heavy atom. The number of carbonyl (C=O) groups excluding carboxylic acids is 1. The minimum atomic E-state index is -0.998. The van der Waals surface area contributed by atoms with E-state index in [9.17, 15) is 9.59 Å². The Balaban J connectivity index is 2.42. The molecule has 19 heavy (non-hydrogen) atoms. The normalized spacial score (nSPS) is 12.2. The third-order valence-electron chi connectivity index (χ3n) is 2.47. The van der Waals surface area contributed by atoms with E-state index in [0.29, 0.717) is 23.7 Å². The Morgan fingerprint density at radius 3 is 2.84 bits per heavy atom. The van der Waals surface area contributed by atoms with E-state index >= 15 is 0 Å². The van der Waals surface area contributed by atoms with Crippen molar-refractivity contribution in [2.24, 2.45) is 5.73 Å². The van der Waals surface area contributed by atoms with Gasteiger partial charge in [-0.25, -0.2) is 4.79 Å². The van der Waals surface area contributed by atoms with E-state index in [-0.39, 0.29) is 5.76 Å². The summed E-state index contributed by atoms with van der Waals surface area (Å²) in [4.78, 5) is 21.9. The molecule has 0 aromatic carbocycles. The number of esters is 1. The average molecular weight is 287 g/mol. The number of hydrogen-bond acceptors (Lipinski definition) is 6. The van der Waals surface area contributed by atoms with Gasteiger partial charge in [-0.2, -0.15) is 11.8 Å². The van der Waals surface area contributed by atoms with E-state index in [4.69, 9.17) is 15.3 Å². The highest BCUT2D eigenvalue weighted by molar-refractivity contribution is 7.98. The molecule has 0 spiro atoms. The standard InChI is InChI=1S/C12H17NO5S/c1-7-5-8(18-10(7)12(16)17-2)6-19-4-3-9(13)11(14)15/h5,9H,3-4,6,13H2,1-2H3,(H,14,15). The number of thioether (sulfide) groups is 1. The molecule has 0 fully saturated rings. The van der Waals surface area contributed by atoms with Gasteiger partial charge in [0.2, 0.25) is 5.76 Å². The van der Waals surface area contributed by atoms with Crippen molar-refractivity contribution in [1.29, 1.82) is 0 Å². The number of carbonyl (C=O) groups is 2. The van der Waals surface area contributed by atoms with Crippen LogP contribution in [0, 0.1) is 6.92 Å². The molecular formula is C12H17NO5S. The number of furan rings is 1. The van der Waals surface area contributed by atoms with E-state index in [1.165, 1.54) is 18.9 Å². The molecular weight excluding hydrogens is 270 g/mol. The van der Waals surface area contributed by atoms with Crippen molar-refractivity contribution in [1.82, 2.24) is 0 Å². The predicted molar refractivity (Wildman–Crippen MR) is 71.2 cm³/mol. The van der Waals surface area contributed by atoms with Crippen LogP contribution in [0.25, 0.3) is 0 Å². The molecule has 0 bridgehead atoms. The minimum Gasteiger partial charge on any atom is -0.480 e. The van der Waals surface area contributed by atoms with Crippen LogP contribution >= 0.6 is 11.8 Å². The molecule has 1 unspecified atom stereocenters. The second-order valence-electron chi connectivity index (χ2n) is 4.00. The maximum absolute atomic E-state index is 11.3. The van der Waals surface area contributed by atoms with Crippen LogP contribution in [-0.2, 0) is 15.3 Å². The van der Waals surface area contributed by atoms with Crippen LogP contribution in [0.1, 0.15) is 28.3 Å². The van der Waals surface area contributed by atoms with Gasteiger partial charge in [0.25, 0.3) is 0 Å². The van der Waals surface area contributed by atoms with Crippen LogP contribution in [0.4, 0.5) is 0 Å². The smallest absolute Gasteiger partial charge is 0.374 e. The Bertz CT molecular complexity index is 457. The predicted octanol–water partition coefficient (Wildman–Crippen LogP) is 1.41. The molecule has 6 nitrogen and oxygen atoms in total. The zero-order chi connectivity index (χ0) is 14.4. The van der Waals surface area contributed by atoms with Crippen LogP contribution in [0.3, 0.4) is 0 Å². The number of aryl methyl sites for hydroxylation is 1. The summed E-state index contributed by atoms with van der Waals surface area (Å²) in [5.74, 6) is 0.543. The number of carboxylic acid groups (broad SMARTS) is 1. The topological polar surface area (TPSA) is 103 Å². The number of rotatable bonds is 7. The lowest BCUT2D eigenvalue weighted by atomic mass is 10.2. The molecule has 0 radical (unpaired) electrons. The summed E-state index contributed by atoms with van der Waals surface area (Å²) in [5, 5.41) is 8.62. The highest BCUT2D eigenvalue weighted by Gasteiger charge is 2.16. The minimum absolute atomic E-state index is 0.209. The first kappa shape index (κ1) is 15.6. The fraction of sp³-hybridized carbons (Fsp3) is 0.500. The summed E-state index contributed by atoms with van der Waals surface area (Å²) in [7, 11) is 1.30. The number of methoxy groups -OCH3 is 1. The average Bonchev–Trinajstić information content (AvgIpc) is 2.74. The van der Waals surface area contributed by atoms with Crippen molar-refractivity contribution in [3.05, 3.63) is 23.2 Å². The van der Waals surface area contributed by atoms with Crippen LogP contribution in [0.15, 0.2) is 10.5 Å². The Hall–Kier alpha value is -1.47. The van der Waals surface area contributed by atoms with Crippen molar-refractivity contribution in [2.75, 3.05) is 12.9 Å². The monoisotopic (exact) mass is 287 g/mol. The molecule has 106 valence electrons. The number of carboxylic acids is 1. The van der Waals surface area contributed by atoms with Crippen LogP contribution in [-0.4, -0.2) is 35.9 Å². The molecule has 0 aliphatic carbocycles. The van der Waals surface area contributed by atoms with Gasteiger partial charge >= 0.3 is 11.9 Å². The van der Waals surface area contributed by atoms with Gasteiger partial charge in [-0.3, -0.25) is 4.79 Å². The van der Waals surface area contributed by atoms with Gasteiger partial charge in [0, 0.05) is 5.56 Å². The van der Waals surface area contributed by atoms with E-state index in [2.05, 4.69) is 4.74 Å². The summed E-state index contributed by atoms with van der Waals surface area (Å²) in [5.41, 5.74) is 6.11. The molecule has 1 aromatic rings. The molecule has 0 aliphatic rings. The highest BCUT2D eigenvalue weighted by Crippen LogP contribution is 2.20. The van der Waals surface area contributed by atoms with Crippen molar-refractivity contribution in [3.63, 3.8) is 0 Å². The first-order valence-electron chi connectivity index (χ1n) is 5.69. The lowest BCUT2D eigenvalue weighted by Crippen LogP contribution is -2.30. The summed E-state index contributed by atoms with van der Waals surface area (Å²) in [6, 6.07) is 0.938. The fourth-order valence-electron chi connectivity index (χ4n) is 1.42. The third kappa shape index (κ3) is 4.60. The number of nitrogens with two attached hydrogens (primary N) is 1. The van der Waals surface area contributed by atoms with Gasteiger partial charge in [0.15, 0.2) is 0 Å². The first-order chi connectivity index (χ1) is 8.95. The van der Waals surface area contributed by atoms with Gasteiger partial charge in [-0.05, 0) is 25.2 Å². The fourth-order valence-corrected chi connectivity index (χ4v) is 2.33. The molecule has 0 amide bonds. The summed E-state index contributed by atoms with van der Waals surface area (Å²) in [6.07, 6.45) is 0.392. The Morgan fingerprint density at radius 2 is 2.26 bits per heavy atom. The van der Waals surface area contributed by atoms with E-state index in [1.807, 2.05) is 0 Å². The summed E-state index contributed by atoms with van der Waals surface area (Å²) in [6.45, 7) is 1.77. The highest BCUT2D eigenvalue weighted by atomic mass is 32.2. The number of ether oxygens (including phenoxy) is 1. The molecule has 1 rings (SSSR count). The van der Waals surface area contributed by atoms with E-state index < -0.39 is 18.0 Å². The zero-order valence-corrected chi connectivity index (χ0v) is 11.7. The summed E-state index contributed by atoms with van der Waals surface area (Å²) >= 11 is 1.50. The molecule has 1 atom stereocenters. The van der Waals surface area contributed by atoms with Crippen LogP contribution in [0.2, 0.25) is 0 Å². The molecule has 1 aromatic heterocycles. The lowest BCUT2D eigenvalue weighted by Gasteiger charge is -2.04. The van der Waals surface area contributed by atoms with Crippen molar-refractivity contribution < 1.29 is 23.8 Å². The lowest BCUT2D eigenvalue weighted by molar-refractivity contribution is -0.138. The van der Waals surface area contributed by atoms with Gasteiger partial charge in [0.05, 0.1) is 12.9 Å². The van der Waals surface area contributed by atoms with Crippen molar-refractivity contribution >= 4 is 23.7 Å².